The van der Waals surface area contributed by atoms with Crippen LogP contribution in [-0.2, 0) is 19.1 Å². The lowest BCUT2D eigenvalue weighted by Gasteiger charge is -2.18. The summed E-state index contributed by atoms with van der Waals surface area (Å²) in [6, 6.07) is 14.2. The Bertz CT molecular complexity index is 1250. The number of fused-ring (bicyclic) bond motifs is 1. The van der Waals surface area contributed by atoms with Gasteiger partial charge in [0.25, 0.3) is 11.8 Å². The molecule has 2 fully saturated rings. The van der Waals surface area contributed by atoms with Crippen molar-refractivity contribution in [3.63, 3.8) is 0 Å². The maximum atomic E-state index is 13.6. The van der Waals surface area contributed by atoms with Gasteiger partial charge in [0.05, 0.1) is 35.4 Å². The number of nitrogens with one attached hydrogen (secondary N) is 1. The molecule has 1 N–H and O–H groups in total. The van der Waals surface area contributed by atoms with E-state index in [4.69, 9.17) is 21.7 Å². The third-order valence-electron chi connectivity index (χ3n) is 6.16. The van der Waals surface area contributed by atoms with E-state index in [0.29, 0.717) is 51.7 Å². The number of benzene rings is 2. The summed E-state index contributed by atoms with van der Waals surface area (Å²) in [4.78, 5) is 43.0. The average molecular weight is 524 g/mol. The van der Waals surface area contributed by atoms with Crippen molar-refractivity contribution in [2.24, 2.45) is 0 Å². The molecule has 1 unspecified atom stereocenters. The molecule has 0 spiro atoms. The second-order valence-corrected chi connectivity index (χ2v) is 10.2. The van der Waals surface area contributed by atoms with Gasteiger partial charge in [-0.15, -0.1) is 0 Å². The third kappa shape index (κ3) is 4.76. The lowest BCUT2D eigenvalue weighted by atomic mass is 10.1. The van der Waals surface area contributed by atoms with Gasteiger partial charge in [-0.1, -0.05) is 42.2 Å². The number of amides is 3. The summed E-state index contributed by atoms with van der Waals surface area (Å²) in [5.74, 6) is -0.329. The molecule has 2 aromatic rings. The summed E-state index contributed by atoms with van der Waals surface area (Å²) in [6.07, 6.45) is 1.79. The molecule has 2 aromatic carbocycles. The fraction of sp³-hybridized carbons (Fsp3) is 0.308. The Morgan fingerprint density at radius 3 is 2.64 bits per heavy atom. The monoisotopic (exact) mass is 523 g/mol. The third-order valence-corrected chi connectivity index (χ3v) is 7.61. The predicted octanol–water partition coefficient (Wildman–Crippen LogP) is 3.82. The van der Waals surface area contributed by atoms with Crippen LogP contribution in [0.1, 0.15) is 25.3 Å². The number of para-hydroxylation sites is 1. The molecule has 5 rings (SSSR count). The van der Waals surface area contributed by atoms with Crippen molar-refractivity contribution in [1.29, 1.82) is 0 Å². The van der Waals surface area contributed by atoms with E-state index in [0.717, 1.165) is 24.6 Å². The minimum absolute atomic E-state index is 0.0498. The molecule has 3 aliphatic rings. The molecule has 8 nitrogen and oxygen atoms in total. The summed E-state index contributed by atoms with van der Waals surface area (Å²) in [6.45, 7) is 3.32. The van der Waals surface area contributed by atoms with Gasteiger partial charge in [0.15, 0.2) is 0 Å². The SMILES string of the molecule is CCOc1ccc(NC(=O)CN2C(=O)/C(=C3\SC(=S)N(CC4CCCO4)C3=O)c3ccccc32)cc1. The predicted molar refractivity (Wildman–Crippen MR) is 143 cm³/mol. The molecule has 1 atom stereocenters. The van der Waals surface area contributed by atoms with Crippen LogP contribution in [0.5, 0.6) is 5.75 Å². The second-order valence-electron chi connectivity index (χ2n) is 8.54. The van der Waals surface area contributed by atoms with E-state index in [1.165, 1.54) is 9.80 Å². The fourth-order valence-electron chi connectivity index (χ4n) is 4.50. The Morgan fingerprint density at radius 1 is 1.14 bits per heavy atom. The minimum atomic E-state index is -0.393. The van der Waals surface area contributed by atoms with Gasteiger partial charge in [-0.05, 0) is 50.1 Å². The number of thioether (sulfide) groups is 1. The van der Waals surface area contributed by atoms with E-state index in [1.54, 1.807) is 42.5 Å². The largest absolute Gasteiger partial charge is 0.494 e. The average Bonchev–Trinajstić information content (AvgIpc) is 3.55. The number of ether oxygens (including phenoxy) is 2. The van der Waals surface area contributed by atoms with Crippen LogP contribution in [0.15, 0.2) is 53.4 Å². The first-order chi connectivity index (χ1) is 17.5. The van der Waals surface area contributed by atoms with Crippen molar-refractivity contribution < 1.29 is 23.9 Å². The number of rotatable bonds is 7. The quantitative estimate of drug-likeness (QED) is 0.436. The Hall–Kier alpha value is -3.21. The Kier molecular flexibility index (Phi) is 7.08. The summed E-state index contributed by atoms with van der Waals surface area (Å²) in [5.41, 5.74) is 2.09. The number of carbonyl (C=O) groups is 3. The molecular formula is C26H25N3O5S2. The van der Waals surface area contributed by atoms with Crippen molar-refractivity contribution >= 4 is 63.0 Å². The van der Waals surface area contributed by atoms with Gasteiger partial charge < -0.3 is 14.8 Å². The summed E-state index contributed by atoms with van der Waals surface area (Å²) >= 11 is 6.61. The molecule has 0 bridgehead atoms. The van der Waals surface area contributed by atoms with Gasteiger partial charge in [-0.25, -0.2) is 0 Å². The van der Waals surface area contributed by atoms with Gasteiger partial charge in [0.2, 0.25) is 5.91 Å². The van der Waals surface area contributed by atoms with Crippen LogP contribution in [0.25, 0.3) is 5.57 Å². The maximum Gasteiger partial charge on any atom is 0.267 e. The lowest BCUT2D eigenvalue weighted by molar-refractivity contribution is -0.123. The molecule has 36 heavy (non-hydrogen) atoms. The van der Waals surface area contributed by atoms with Gasteiger partial charge in [-0.2, -0.15) is 0 Å². The van der Waals surface area contributed by atoms with Crippen molar-refractivity contribution in [2.75, 3.05) is 36.5 Å². The molecule has 3 amide bonds. The van der Waals surface area contributed by atoms with Crippen molar-refractivity contribution in [3.05, 3.63) is 59.0 Å². The first-order valence-corrected chi connectivity index (χ1v) is 13.0. The van der Waals surface area contributed by atoms with Gasteiger partial charge >= 0.3 is 0 Å². The zero-order valence-corrected chi connectivity index (χ0v) is 21.3. The smallest absolute Gasteiger partial charge is 0.267 e. The molecule has 10 heteroatoms. The highest BCUT2D eigenvalue weighted by Crippen LogP contribution is 2.44. The number of thiocarbonyl (C=S) groups is 1. The van der Waals surface area contributed by atoms with E-state index in [9.17, 15) is 14.4 Å². The standard InChI is InChI=1S/C26H25N3O5S2/c1-2-33-17-11-9-16(10-12-17)27-21(30)15-28-20-8-4-3-7-19(20)22(24(28)31)23-25(32)29(26(35)36-23)14-18-6-5-13-34-18/h3-4,7-12,18H,2,5-6,13-15H2,1H3,(H,27,30)/b23-22-. The maximum absolute atomic E-state index is 13.6. The molecule has 0 radical (unpaired) electrons. The number of nitrogens with zero attached hydrogens (tertiary/aromatic N) is 2. The molecule has 3 aliphatic heterocycles. The van der Waals surface area contributed by atoms with Crippen molar-refractivity contribution in [3.8, 4) is 5.75 Å². The molecule has 186 valence electrons. The van der Waals surface area contributed by atoms with Crippen molar-refractivity contribution in [1.82, 2.24) is 4.90 Å². The number of hydrogen-bond acceptors (Lipinski definition) is 7. The summed E-state index contributed by atoms with van der Waals surface area (Å²) in [5, 5.41) is 2.82. The summed E-state index contributed by atoms with van der Waals surface area (Å²) in [7, 11) is 0. The van der Waals surface area contributed by atoms with Crippen LogP contribution in [-0.4, -0.2) is 59.3 Å². The van der Waals surface area contributed by atoms with Crippen LogP contribution in [0.3, 0.4) is 0 Å². The molecule has 0 saturated carbocycles. The summed E-state index contributed by atoms with van der Waals surface area (Å²) < 4.78 is 11.5. The van der Waals surface area contributed by atoms with Gasteiger partial charge in [0, 0.05) is 17.9 Å². The van der Waals surface area contributed by atoms with Crippen LogP contribution in [0.4, 0.5) is 11.4 Å². The van der Waals surface area contributed by atoms with Crippen LogP contribution in [0.2, 0.25) is 0 Å². The highest BCUT2D eigenvalue weighted by molar-refractivity contribution is 8.26. The first-order valence-electron chi connectivity index (χ1n) is 11.8. The fourth-order valence-corrected chi connectivity index (χ4v) is 5.85. The number of hydrogen-bond donors (Lipinski definition) is 1. The zero-order chi connectivity index (χ0) is 25.2. The Balaban J connectivity index is 1.36. The molecule has 0 aliphatic carbocycles. The topological polar surface area (TPSA) is 88.2 Å². The van der Waals surface area contributed by atoms with E-state index >= 15 is 0 Å². The van der Waals surface area contributed by atoms with Crippen LogP contribution >= 0.6 is 24.0 Å². The zero-order valence-electron chi connectivity index (χ0n) is 19.7. The number of anilines is 2. The van der Waals surface area contributed by atoms with Crippen molar-refractivity contribution in [2.45, 2.75) is 25.9 Å². The Morgan fingerprint density at radius 2 is 1.92 bits per heavy atom. The van der Waals surface area contributed by atoms with E-state index < -0.39 is 5.91 Å². The van der Waals surface area contributed by atoms with Gasteiger partial charge in [0.1, 0.15) is 16.6 Å². The first kappa shape index (κ1) is 24.5. The highest BCUT2D eigenvalue weighted by atomic mass is 32.2. The van der Waals surface area contributed by atoms with Gasteiger partial charge in [-0.3, -0.25) is 24.2 Å². The molecule has 2 saturated heterocycles. The van der Waals surface area contributed by atoms with Crippen LogP contribution in [0, 0.1) is 0 Å². The normalized spacial score (nSPS) is 21.4. The van der Waals surface area contributed by atoms with Crippen LogP contribution < -0.4 is 15.0 Å². The molecule has 3 heterocycles. The molecule has 0 aromatic heterocycles. The highest BCUT2D eigenvalue weighted by Gasteiger charge is 2.43. The van der Waals surface area contributed by atoms with E-state index in [2.05, 4.69) is 5.32 Å². The number of carbonyl (C=O) groups excluding carboxylic acids is 3. The molecular weight excluding hydrogens is 498 g/mol. The van der Waals surface area contributed by atoms with E-state index in [-0.39, 0.29) is 30.0 Å². The van der Waals surface area contributed by atoms with E-state index in [1.807, 2.05) is 13.0 Å². The second kappa shape index (κ2) is 10.4. The minimum Gasteiger partial charge on any atom is -0.494 e. The lowest BCUT2D eigenvalue weighted by Crippen LogP contribution is -2.36. The Labute approximate surface area is 218 Å².